The van der Waals surface area contributed by atoms with Crippen molar-refractivity contribution in [3.8, 4) is 5.75 Å². The van der Waals surface area contributed by atoms with Crippen LogP contribution in [0.3, 0.4) is 0 Å². The highest BCUT2D eigenvalue weighted by atomic mass is 16.3. The van der Waals surface area contributed by atoms with Gasteiger partial charge in [-0.15, -0.1) is 6.58 Å². The van der Waals surface area contributed by atoms with Gasteiger partial charge in [0.1, 0.15) is 5.75 Å². The molecule has 1 aliphatic heterocycles. The first-order chi connectivity index (χ1) is 15.8. The molecule has 4 unspecified atom stereocenters. The zero-order valence-electron chi connectivity index (χ0n) is 18.6. The fourth-order valence-corrected chi connectivity index (χ4v) is 6.06. The van der Waals surface area contributed by atoms with E-state index < -0.39 is 17.8 Å². The Morgan fingerprint density at radius 2 is 1.91 bits per heavy atom. The van der Waals surface area contributed by atoms with Gasteiger partial charge < -0.3 is 5.11 Å². The van der Waals surface area contributed by atoms with Crippen LogP contribution >= 0.6 is 0 Å². The number of aromatic hydroxyl groups is 1. The first-order valence-corrected chi connectivity index (χ1v) is 11.2. The Kier molecular flexibility index (Phi) is 4.85. The average molecular weight is 443 g/mol. The molecule has 0 radical (unpaired) electrons. The Morgan fingerprint density at radius 3 is 2.64 bits per heavy atom. The highest BCUT2D eigenvalue weighted by Gasteiger charge is 2.55. The molecule has 0 spiro atoms. The van der Waals surface area contributed by atoms with Gasteiger partial charge in [-0.2, -0.15) is 0 Å². The number of carbonyl (C=O) groups is 4. The van der Waals surface area contributed by atoms with Crippen LogP contribution in [-0.4, -0.2) is 40.4 Å². The highest BCUT2D eigenvalue weighted by molar-refractivity contribution is 6.23. The number of phenolic OH excluding ortho intramolecular Hbond substituents is 1. The van der Waals surface area contributed by atoms with Gasteiger partial charge in [-0.1, -0.05) is 35.9 Å². The largest absolute Gasteiger partial charge is 0.507 e. The average Bonchev–Trinajstić information content (AvgIpc) is 3.02. The van der Waals surface area contributed by atoms with Gasteiger partial charge in [-0.25, -0.2) is 0 Å². The van der Waals surface area contributed by atoms with Crippen molar-refractivity contribution >= 4 is 23.4 Å². The fraction of sp³-hybridized carbons (Fsp3) is 0.333. The number of imide groups is 1. The summed E-state index contributed by atoms with van der Waals surface area (Å²) in [4.78, 5) is 53.3. The number of allylic oxidation sites excluding steroid dienone is 7. The van der Waals surface area contributed by atoms with Crippen LogP contribution < -0.4 is 0 Å². The Hall–Kier alpha value is -3.54. The summed E-state index contributed by atoms with van der Waals surface area (Å²) >= 11 is 0. The van der Waals surface area contributed by atoms with E-state index in [2.05, 4.69) is 6.58 Å². The van der Waals surface area contributed by atoms with Gasteiger partial charge in [0.05, 0.1) is 11.8 Å². The molecule has 1 aromatic carbocycles. The summed E-state index contributed by atoms with van der Waals surface area (Å²) in [7, 11) is 1.50. The molecule has 0 saturated carbocycles. The second-order valence-corrected chi connectivity index (χ2v) is 9.31. The van der Waals surface area contributed by atoms with E-state index in [1.165, 1.54) is 18.0 Å². The number of rotatable bonds is 3. The number of nitrogens with zero attached hydrogens (tertiary/aromatic N) is 1. The molecular formula is C27H25NO5. The molecule has 1 fully saturated rings. The van der Waals surface area contributed by atoms with Crippen molar-refractivity contribution in [3.63, 3.8) is 0 Å². The van der Waals surface area contributed by atoms with E-state index in [-0.39, 0.29) is 41.5 Å². The van der Waals surface area contributed by atoms with Gasteiger partial charge in [0, 0.05) is 35.2 Å². The molecule has 33 heavy (non-hydrogen) atoms. The van der Waals surface area contributed by atoms with Crippen molar-refractivity contribution in [1.29, 1.82) is 0 Å². The number of hydrogen-bond donors (Lipinski definition) is 1. The number of carbonyl (C=O) groups excluding carboxylic acids is 4. The molecule has 168 valence electrons. The second kappa shape index (κ2) is 7.51. The highest BCUT2D eigenvalue weighted by Crippen LogP contribution is 2.56. The quantitative estimate of drug-likeness (QED) is 0.440. The van der Waals surface area contributed by atoms with Crippen LogP contribution in [0.2, 0.25) is 0 Å². The Labute approximate surface area is 192 Å². The number of fused-ring (bicyclic) bond motifs is 3. The molecular weight excluding hydrogens is 418 g/mol. The minimum absolute atomic E-state index is 0.0652. The molecule has 1 heterocycles. The van der Waals surface area contributed by atoms with Gasteiger partial charge >= 0.3 is 0 Å². The maximum Gasteiger partial charge on any atom is 0.233 e. The molecule has 6 heteroatoms. The maximum atomic E-state index is 13.2. The summed E-state index contributed by atoms with van der Waals surface area (Å²) in [5.74, 6) is -2.86. The van der Waals surface area contributed by atoms with Crippen LogP contribution in [0.1, 0.15) is 36.8 Å². The summed E-state index contributed by atoms with van der Waals surface area (Å²) < 4.78 is 0. The topological polar surface area (TPSA) is 91.8 Å². The van der Waals surface area contributed by atoms with Gasteiger partial charge in [0.15, 0.2) is 11.6 Å². The van der Waals surface area contributed by atoms with Crippen LogP contribution in [0.5, 0.6) is 5.75 Å². The molecule has 2 amide bonds. The van der Waals surface area contributed by atoms with Crippen LogP contribution in [0.15, 0.2) is 65.3 Å². The van der Waals surface area contributed by atoms with Gasteiger partial charge in [-0.3, -0.25) is 24.1 Å². The number of ketones is 2. The summed E-state index contributed by atoms with van der Waals surface area (Å²) in [6.45, 7) is 5.37. The lowest BCUT2D eigenvalue weighted by atomic mass is 9.59. The van der Waals surface area contributed by atoms with Crippen molar-refractivity contribution in [3.05, 3.63) is 76.4 Å². The molecule has 1 aromatic rings. The number of para-hydroxylation sites is 1. The third-order valence-electron chi connectivity index (χ3n) is 7.61. The van der Waals surface area contributed by atoms with E-state index in [0.717, 1.165) is 5.57 Å². The van der Waals surface area contributed by atoms with Crippen molar-refractivity contribution in [2.75, 3.05) is 7.05 Å². The molecule has 6 nitrogen and oxygen atoms in total. The van der Waals surface area contributed by atoms with Gasteiger partial charge in [0.25, 0.3) is 0 Å². The van der Waals surface area contributed by atoms with Crippen molar-refractivity contribution < 1.29 is 24.3 Å². The smallest absolute Gasteiger partial charge is 0.233 e. The lowest BCUT2D eigenvalue weighted by Crippen LogP contribution is -2.39. The SMILES string of the molecule is C=CCc1cccc(C2C3=CCC4C(=O)N(C)C(=O)C4C3CC3=C2C(=O)C=C(C)C3=O)c1O. The molecule has 1 saturated heterocycles. The number of likely N-dealkylation sites (tertiary alicyclic amines) is 1. The molecule has 4 aliphatic rings. The first-order valence-electron chi connectivity index (χ1n) is 11.2. The minimum atomic E-state index is -0.640. The van der Waals surface area contributed by atoms with Crippen LogP contribution in [0.4, 0.5) is 0 Å². The molecule has 0 bridgehead atoms. The third kappa shape index (κ3) is 2.93. The lowest BCUT2D eigenvalue weighted by molar-refractivity contribution is -0.138. The van der Waals surface area contributed by atoms with Crippen molar-refractivity contribution in [1.82, 2.24) is 4.90 Å². The Morgan fingerprint density at radius 1 is 1.15 bits per heavy atom. The van der Waals surface area contributed by atoms with E-state index >= 15 is 0 Å². The molecule has 5 rings (SSSR count). The van der Waals surface area contributed by atoms with Gasteiger partial charge in [-0.05, 0) is 43.7 Å². The third-order valence-corrected chi connectivity index (χ3v) is 7.61. The van der Waals surface area contributed by atoms with E-state index in [9.17, 15) is 24.3 Å². The van der Waals surface area contributed by atoms with E-state index in [1.54, 1.807) is 25.1 Å². The van der Waals surface area contributed by atoms with Gasteiger partial charge in [0.2, 0.25) is 11.8 Å². The summed E-state index contributed by atoms with van der Waals surface area (Å²) in [5, 5.41) is 11.1. The van der Waals surface area contributed by atoms with Crippen LogP contribution in [0, 0.1) is 17.8 Å². The van der Waals surface area contributed by atoms with Crippen LogP contribution in [0.25, 0.3) is 0 Å². The monoisotopic (exact) mass is 443 g/mol. The number of benzene rings is 1. The predicted molar refractivity (Wildman–Crippen MR) is 121 cm³/mol. The van der Waals surface area contributed by atoms with Crippen molar-refractivity contribution in [2.24, 2.45) is 17.8 Å². The molecule has 4 atom stereocenters. The summed E-state index contributed by atoms with van der Waals surface area (Å²) in [6, 6.07) is 5.38. The Balaban J connectivity index is 1.74. The maximum absolute atomic E-state index is 13.2. The molecule has 3 aliphatic carbocycles. The van der Waals surface area contributed by atoms with E-state index in [1.807, 2.05) is 12.1 Å². The fourth-order valence-electron chi connectivity index (χ4n) is 6.06. The zero-order chi connectivity index (χ0) is 23.6. The van der Waals surface area contributed by atoms with E-state index in [4.69, 9.17) is 0 Å². The number of phenols is 1. The standard InChI is InChI=1S/C27H25NO5/c1-4-6-14-7-5-8-16(25(14)31)21-15-9-10-17-22(27(33)28(3)26(17)32)18(15)12-19-23(21)20(29)11-13(2)24(19)30/h4-5,7-9,11,17-18,21-22,31H,1,6,10,12H2,2-3H3. The van der Waals surface area contributed by atoms with Crippen molar-refractivity contribution in [2.45, 2.75) is 32.1 Å². The summed E-state index contributed by atoms with van der Waals surface area (Å²) in [6.07, 6.45) is 6.10. The normalized spacial score (nSPS) is 28.8. The molecule has 1 N–H and O–H groups in total. The predicted octanol–water partition coefficient (Wildman–Crippen LogP) is 3.18. The first kappa shape index (κ1) is 21.3. The Bertz CT molecular complexity index is 1250. The zero-order valence-corrected chi connectivity index (χ0v) is 18.6. The number of hydrogen-bond acceptors (Lipinski definition) is 5. The molecule has 0 aromatic heterocycles. The minimum Gasteiger partial charge on any atom is -0.507 e. The van der Waals surface area contributed by atoms with Crippen LogP contribution in [-0.2, 0) is 25.6 Å². The number of Topliss-reactive ketones (excluding diaryl/α,β-unsaturated/α-hetero) is 1. The van der Waals surface area contributed by atoms with E-state index in [0.29, 0.717) is 40.7 Å². The summed E-state index contributed by atoms with van der Waals surface area (Å²) in [5.41, 5.74) is 3.20. The number of amides is 2. The lowest BCUT2D eigenvalue weighted by Gasteiger charge is -2.42. The second-order valence-electron chi connectivity index (χ2n) is 9.31.